The Morgan fingerprint density at radius 1 is 1.37 bits per heavy atom. The summed E-state index contributed by atoms with van der Waals surface area (Å²) in [6, 6.07) is 6.59. The third kappa shape index (κ3) is 4.27. The zero-order valence-electron chi connectivity index (χ0n) is 11.4. The van der Waals surface area contributed by atoms with Crippen molar-refractivity contribution in [2.24, 2.45) is 5.73 Å². The minimum absolute atomic E-state index is 0.675. The molecular weight excluding hydrogens is 254 g/mol. The van der Waals surface area contributed by atoms with E-state index in [1.807, 2.05) is 11.9 Å². The van der Waals surface area contributed by atoms with E-state index in [0.29, 0.717) is 6.54 Å². The molecule has 104 valence electrons. The van der Waals surface area contributed by atoms with Gasteiger partial charge in [0.2, 0.25) is 0 Å². The summed E-state index contributed by atoms with van der Waals surface area (Å²) >= 11 is 1.94. The number of nitrogens with two attached hydrogens (primary N) is 1. The zero-order valence-corrected chi connectivity index (χ0v) is 12.2. The Labute approximate surface area is 120 Å². The van der Waals surface area contributed by atoms with Crippen LogP contribution in [0.5, 0.6) is 0 Å². The van der Waals surface area contributed by atoms with Gasteiger partial charge in [-0.15, -0.1) is 0 Å². The summed E-state index contributed by atoms with van der Waals surface area (Å²) in [5.41, 5.74) is 9.45. The van der Waals surface area contributed by atoms with E-state index in [0.717, 1.165) is 17.9 Å². The van der Waals surface area contributed by atoms with Crippen LogP contribution in [0.2, 0.25) is 0 Å². The average molecular weight is 277 g/mol. The zero-order chi connectivity index (χ0) is 13.5. The maximum Gasteiger partial charge on any atom is 0.0412 e. The fraction of sp³-hybridized carbons (Fsp3) is 0.467. The SMILES string of the molecule is C=CNc1ccc(CSN2CCCC2)cc1CCN. The quantitative estimate of drug-likeness (QED) is 0.752. The third-order valence-corrected chi connectivity index (χ3v) is 4.51. The maximum absolute atomic E-state index is 5.68. The van der Waals surface area contributed by atoms with Gasteiger partial charge < -0.3 is 11.1 Å². The molecule has 3 nitrogen and oxygen atoms in total. The van der Waals surface area contributed by atoms with Gasteiger partial charge in [0.1, 0.15) is 0 Å². The van der Waals surface area contributed by atoms with Crippen molar-refractivity contribution in [3.63, 3.8) is 0 Å². The van der Waals surface area contributed by atoms with Crippen molar-refractivity contribution in [1.82, 2.24) is 4.31 Å². The Balaban J connectivity index is 1.99. The van der Waals surface area contributed by atoms with Crippen LogP contribution < -0.4 is 11.1 Å². The lowest BCUT2D eigenvalue weighted by Crippen LogP contribution is -2.09. The lowest BCUT2D eigenvalue weighted by molar-refractivity contribution is 0.586. The van der Waals surface area contributed by atoms with Crippen LogP contribution >= 0.6 is 11.9 Å². The van der Waals surface area contributed by atoms with Crippen molar-refractivity contribution in [3.8, 4) is 0 Å². The maximum atomic E-state index is 5.68. The first-order chi connectivity index (χ1) is 9.33. The van der Waals surface area contributed by atoms with Crippen LogP contribution in [0.4, 0.5) is 5.69 Å². The summed E-state index contributed by atoms with van der Waals surface area (Å²) in [6.07, 6.45) is 5.30. The fourth-order valence-electron chi connectivity index (χ4n) is 2.33. The predicted octanol–water partition coefficient (Wildman–Crippen LogP) is 2.99. The summed E-state index contributed by atoms with van der Waals surface area (Å²) in [7, 11) is 0. The molecule has 0 amide bonds. The molecule has 1 saturated heterocycles. The minimum atomic E-state index is 0.675. The number of nitrogens with one attached hydrogen (secondary N) is 1. The number of rotatable bonds is 7. The van der Waals surface area contributed by atoms with Crippen LogP contribution in [0.3, 0.4) is 0 Å². The van der Waals surface area contributed by atoms with Gasteiger partial charge in [-0.2, -0.15) is 0 Å². The lowest BCUT2D eigenvalue weighted by Gasteiger charge is -2.15. The van der Waals surface area contributed by atoms with Gasteiger partial charge in [-0.05, 0) is 49.2 Å². The van der Waals surface area contributed by atoms with Gasteiger partial charge >= 0.3 is 0 Å². The smallest absolute Gasteiger partial charge is 0.0412 e. The van der Waals surface area contributed by atoms with Crippen LogP contribution in [0.1, 0.15) is 24.0 Å². The highest BCUT2D eigenvalue weighted by Gasteiger charge is 2.12. The summed E-state index contributed by atoms with van der Waals surface area (Å²) in [5.74, 6) is 1.05. The molecule has 1 heterocycles. The van der Waals surface area contributed by atoms with E-state index < -0.39 is 0 Å². The number of hydrogen-bond donors (Lipinski definition) is 2. The molecule has 4 heteroatoms. The molecule has 0 radical (unpaired) electrons. The van der Waals surface area contributed by atoms with Gasteiger partial charge in [-0.25, -0.2) is 0 Å². The molecule has 0 unspecified atom stereocenters. The molecule has 1 aliphatic rings. The molecule has 1 aromatic rings. The first-order valence-electron chi connectivity index (χ1n) is 6.90. The number of benzene rings is 1. The van der Waals surface area contributed by atoms with Crippen molar-refractivity contribution in [1.29, 1.82) is 0 Å². The Kier molecular flexibility index (Phi) is 5.76. The van der Waals surface area contributed by atoms with E-state index in [9.17, 15) is 0 Å². The second-order valence-electron chi connectivity index (χ2n) is 4.79. The van der Waals surface area contributed by atoms with Gasteiger partial charge in [-0.3, -0.25) is 4.31 Å². The predicted molar refractivity (Wildman–Crippen MR) is 85.1 cm³/mol. The van der Waals surface area contributed by atoms with Gasteiger partial charge in [0.15, 0.2) is 0 Å². The van der Waals surface area contributed by atoms with Crippen LogP contribution in [-0.2, 0) is 12.2 Å². The molecule has 0 aromatic heterocycles. The molecule has 19 heavy (non-hydrogen) atoms. The van der Waals surface area contributed by atoms with Gasteiger partial charge in [0, 0.05) is 24.5 Å². The monoisotopic (exact) mass is 277 g/mol. The van der Waals surface area contributed by atoms with Crippen molar-refractivity contribution in [2.45, 2.75) is 25.0 Å². The number of hydrogen-bond acceptors (Lipinski definition) is 4. The van der Waals surface area contributed by atoms with Gasteiger partial charge in [0.05, 0.1) is 0 Å². The van der Waals surface area contributed by atoms with Crippen LogP contribution in [0.15, 0.2) is 31.0 Å². The highest BCUT2D eigenvalue weighted by molar-refractivity contribution is 7.96. The summed E-state index contributed by atoms with van der Waals surface area (Å²) < 4.78 is 2.47. The van der Waals surface area contributed by atoms with E-state index >= 15 is 0 Å². The largest absolute Gasteiger partial charge is 0.362 e. The first kappa shape index (κ1) is 14.4. The van der Waals surface area contributed by atoms with E-state index in [-0.39, 0.29) is 0 Å². The molecule has 3 N–H and O–H groups in total. The topological polar surface area (TPSA) is 41.3 Å². The normalized spacial score (nSPS) is 15.6. The number of anilines is 1. The molecule has 0 aliphatic carbocycles. The van der Waals surface area contributed by atoms with Crippen LogP contribution in [0.25, 0.3) is 0 Å². The van der Waals surface area contributed by atoms with E-state index in [1.165, 1.54) is 37.1 Å². The van der Waals surface area contributed by atoms with Crippen molar-refractivity contribution in [2.75, 3.05) is 25.0 Å². The van der Waals surface area contributed by atoms with Crippen molar-refractivity contribution >= 4 is 17.6 Å². The van der Waals surface area contributed by atoms with Gasteiger partial charge in [0.25, 0.3) is 0 Å². The first-order valence-corrected chi connectivity index (χ1v) is 7.85. The van der Waals surface area contributed by atoms with Gasteiger partial charge in [-0.1, -0.05) is 30.7 Å². The summed E-state index contributed by atoms with van der Waals surface area (Å²) in [5, 5.41) is 3.18. The van der Waals surface area contributed by atoms with E-state index in [4.69, 9.17) is 5.73 Å². The van der Waals surface area contributed by atoms with Crippen molar-refractivity contribution < 1.29 is 0 Å². The molecular formula is C15H23N3S. The van der Waals surface area contributed by atoms with Crippen LogP contribution in [0, 0.1) is 0 Å². The average Bonchev–Trinajstić information content (AvgIpc) is 2.93. The molecule has 1 fully saturated rings. The van der Waals surface area contributed by atoms with E-state index in [2.05, 4.69) is 34.4 Å². The fourth-order valence-corrected chi connectivity index (χ4v) is 3.36. The molecule has 0 saturated carbocycles. The Morgan fingerprint density at radius 3 is 2.84 bits per heavy atom. The Hall–Kier alpha value is -0.970. The Bertz CT molecular complexity index is 414. The standard InChI is InChI=1S/C15H23N3S/c1-2-17-15-6-5-13(11-14(15)7-8-16)12-19-18-9-3-4-10-18/h2,5-6,11,17H,1,3-4,7-10,12,16H2. The summed E-state index contributed by atoms with van der Waals surface area (Å²) in [4.78, 5) is 0. The lowest BCUT2D eigenvalue weighted by atomic mass is 10.1. The highest BCUT2D eigenvalue weighted by Crippen LogP contribution is 2.25. The molecule has 2 rings (SSSR count). The molecule has 0 spiro atoms. The van der Waals surface area contributed by atoms with Crippen molar-refractivity contribution in [3.05, 3.63) is 42.1 Å². The molecule has 0 atom stereocenters. The third-order valence-electron chi connectivity index (χ3n) is 3.32. The Morgan fingerprint density at radius 2 is 2.16 bits per heavy atom. The minimum Gasteiger partial charge on any atom is -0.362 e. The molecule has 0 bridgehead atoms. The molecule has 1 aliphatic heterocycles. The second kappa shape index (κ2) is 7.58. The highest BCUT2D eigenvalue weighted by atomic mass is 32.2. The van der Waals surface area contributed by atoms with Crippen LogP contribution in [-0.4, -0.2) is 23.9 Å². The summed E-state index contributed by atoms with van der Waals surface area (Å²) in [6.45, 7) is 6.86. The van der Waals surface area contributed by atoms with E-state index in [1.54, 1.807) is 6.20 Å². The molecule has 1 aromatic carbocycles. The second-order valence-corrected chi connectivity index (χ2v) is 5.85. The number of nitrogens with zero attached hydrogens (tertiary/aromatic N) is 1.